The Balaban J connectivity index is 2.22. The molecule has 2 amide bonds. The van der Waals surface area contributed by atoms with Gasteiger partial charge in [-0.3, -0.25) is 14.5 Å². The maximum Gasteiger partial charge on any atom is 0.258 e. The van der Waals surface area contributed by atoms with Crippen LogP contribution in [0, 0.1) is 0 Å². The van der Waals surface area contributed by atoms with E-state index < -0.39 is 18.2 Å². The molecular weight excluding hydrogens is 198 g/mol. The topological polar surface area (TPSA) is 66.8 Å². The first-order valence-corrected chi connectivity index (χ1v) is 5.32. The van der Waals surface area contributed by atoms with E-state index in [9.17, 15) is 9.59 Å². The second-order valence-corrected chi connectivity index (χ2v) is 3.98. The number of morpholine rings is 1. The van der Waals surface area contributed by atoms with Gasteiger partial charge in [0.2, 0.25) is 0 Å². The lowest BCUT2D eigenvalue weighted by Gasteiger charge is -2.34. The molecule has 0 aromatic carbocycles. The molecule has 84 valence electrons. The molecule has 0 spiro atoms. The number of imide groups is 1. The number of hydrogen-bond acceptors (Lipinski definition) is 4. The molecule has 5 heteroatoms. The Bertz CT molecular complexity index is 265. The lowest BCUT2D eigenvalue weighted by molar-refractivity contribution is -0.172. The zero-order chi connectivity index (χ0) is 11.0. The number of amides is 2. The number of ether oxygens (including phenoxy) is 1. The van der Waals surface area contributed by atoms with Crippen LogP contribution in [0.25, 0.3) is 0 Å². The van der Waals surface area contributed by atoms with Gasteiger partial charge in [-0.1, -0.05) is 6.92 Å². The van der Waals surface area contributed by atoms with Crippen molar-refractivity contribution in [2.24, 2.45) is 0 Å². The van der Waals surface area contributed by atoms with Crippen molar-refractivity contribution in [1.29, 1.82) is 0 Å². The molecule has 3 unspecified atom stereocenters. The van der Waals surface area contributed by atoms with Crippen molar-refractivity contribution in [3.63, 3.8) is 0 Å². The van der Waals surface area contributed by atoms with E-state index >= 15 is 0 Å². The Hall–Kier alpha value is -0.940. The molecule has 0 saturated carbocycles. The number of aliphatic hydroxyl groups is 1. The quantitative estimate of drug-likeness (QED) is 0.652. The van der Waals surface area contributed by atoms with E-state index in [1.54, 1.807) is 0 Å². The summed E-state index contributed by atoms with van der Waals surface area (Å²) in [5, 5.41) is 9.12. The fourth-order valence-corrected chi connectivity index (χ4v) is 2.17. The summed E-state index contributed by atoms with van der Waals surface area (Å²) in [5.74, 6) is -0.565. The third-order valence-corrected chi connectivity index (χ3v) is 3.09. The largest absolute Gasteiger partial charge is 0.394 e. The average molecular weight is 213 g/mol. The van der Waals surface area contributed by atoms with Crippen molar-refractivity contribution in [2.75, 3.05) is 6.61 Å². The highest BCUT2D eigenvalue weighted by Gasteiger charge is 2.48. The molecule has 0 aliphatic carbocycles. The number of fused-ring (bicyclic) bond motifs is 2. The Labute approximate surface area is 88.0 Å². The van der Waals surface area contributed by atoms with Crippen molar-refractivity contribution < 1.29 is 19.4 Å². The summed E-state index contributed by atoms with van der Waals surface area (Å²) in [7, 11) is 0. The molecule has 2 aliphatic rings. The van der Waals surface area contributed by atoms with Crippen LogP contribution in [0.4, 0.5) is 0 Å². The molecule has 2 bridgehead atoms. The second-order valence-electron chi connectivity index (χ2n) is 3.98. The predicted molar refractivity (Wildman–Crippen MR) is 50.9 cm³/mol. The van der Waals surface area contributed by atoms with E-state index in [1.807, 2.05) is 6.92 Å². The van der Waals surface area contributed by atoms with E-state index in [0.29, 0.717) is 19.3 Å². The van der Waals surface area contributed by atoms with Crippen LogP contribution in [0.5, 0.6) is 0 Å². The number of rotatable bonds is 3. The number of carbonyl (C=O) groups is 2. The van der Waals surface area contributed by atoms with Crippen molar-refractivity contribution in [3.05, 3.63) is 0 Å². The summed E-state index contributed by atoms with van der Waals surface area (Å²) in [6, 6.07) is -0.392. The number of aliphatic hydroxyl groups excluding tert-OH is 1. The molecule has 2 saturated heterocycles. The van der Waals surface area contributed by atoms with E-state index in [0.717, 1.165) is 0 Å². The van der Waals surface area contributed by atoms with Gasteiger partial charge in [0, 0.05) is 0 Å². The second kappa shape index (κ2) is 3.90. The molecule has 3 atom stereocenters. The fraction of sp³-hybridized carbons (Fsp3) is 0.800. The Morgan fingerprint density at radius 2 is 1.93 bits per heavy atom. The molecule has 5 nitrogen and oxygen atoms in total. The van der Waals surface area contributed by atoms with E-state index in [-0.39, 0.29) is 18.4 Å². The summed E-state index contributed by atoms with van der Waals surface area (Å²) in [5.41, 5.74) is 0. The SMILES string of the molecule is CCC(CO)N1C(=O)C2CCC(O2)C1=O. The average Bonchev–Trinajstić information content (AvgIpc) is 2.68. The summed E-state index contributed by atoms with van der Waals surface area (Å²) in [6.45, 7) is 1.67. The number of nitrogens with zero attached hydrogens (tertiary/aromatic N) is 1. The van der Waals surface area contributed by atoms with Gasteiger partial charge >= 0.3 is 0 Å². The minimum atomic E-state index is -0.465. The smallest absolute Gasteiger partial charge is 0.258 e. The maximum absolute atomic E-state index is 11.8. The molecule has 2 rings (SSSR count). The van der Waals surface area contributed by atoms with Crippen molar-refractivity contribution in [2.45, 2.75) is 44.4 Å². The Kier molecular flexibility index (Phi) is 2.75. The van der Waals surface area contributed by atoms with Gasteiger partial charge in [-0.15, -0.1) is 0 Å². The minimum absolute atomic E-state index is 0.173. The molecule has 15 heavy (non-hydrogen) atoms. The zero-order valence-corrected chi connectivity index (χ0v) is 8.68. The van der Waals surface area contributed by atoms with Gasteiger partial charge in [-0.25, -0.2) is 0 Å². The molecule has 0 aromatic heterocycles. The van der Waals surface area contributed by atoms with Gasteiger partial charge < -0.3 is 9.84 Å². The maximum atomic E-state index is 11.8. The molecule has 0 radical (unpaired) electrons. The summed E-state index contributed by atoms with van der Waals surface area (Å²) >= 11 is 0. The van der Waals surface area contributed by atoms with Crippen LogP contribution in [0.2, 0.25) is 0 Å². The third-order valence-electron chi connectivity index (χ3n) is 3.09. The summed E-state index contributed by atoms with van der Waals surface area (Å²) in [4.78, 5) is 24.8. The lowest BCUT2D eigenvalue weighted by atomic mass is 10.1. The van der Waals surface area contributed by atoms with Crippen LogP contribution in [-0.2, 0) is 14.3 Å². The Morgan fingerprint density at radius 3 is 2.33 bits per heavy atom. The molecule has 2 fully saturated rings. The highest BCUT2D eigenvalue weighted by Crippen LogP contribution is 2.29. The van der Waals surface area contributed by atoms with Crippen LogP contribution in [0.3, 0.4) is 0 Å². The third kappa shape index (κ3) is 1.55. The van der Waals surface area contributed by atoms with Gasteiger partial charge in [0.1, 0.15) is 12.2 Å². The van der Waals surface area contributed by atoms with Crippen LogP contribution in [0.1, 0.15) is 26.2 Å². The van der Waals surface area contributed by atoms with Crippen molar-refractivity contribution in [3.8, 4) is 0 Å². The summed E-state index contributed by atoms with van der Waals surface area (Å²) in [6.07, 6.45) is 0.885. The first-order valence-electron chi connectivity index (χ1n) is 5.32. The molecule has 0 aromatic rings. The predicted octanol–water partition coefficient (Wildman–Crippen LogP) is -0.326. The van der Waals surface area contributed by atoms with E-state index in [2.05, 4.69) is 0 Å². The van der Waals surface area contributed by atoms with Crippen molar-refractivity contribution >= 4 is 11.8 Å². The van der Waals surface area contributed by atoms with Gasteiger partial charge in [0.05, 0.1) is 12.6 Å². The monoisotopic (exact) mass is 213 g/mol. The minimum Gasteiger partial charge on any atom is -0.394 e. The van der Waals surface area contributed by atoms with Gasteiger partial charge in [-0.05, 0) is 19.3 Å². The van der Waals surface area contributed by atoms with Gasteiger partial charge in [0.25, 0.3) is 11.8 Å². The van der Waals surface area contributed by atoms with Gasteiger partial charge in [-0.2, -0.15) is 0 Å². The molecular formula is C10H15NO4. The number of likely N-dealkylation sites (tertiary alicyclic amines) is 1. The number of carbonyl (C=O) groups excluding carboxylic acids is 2. The highest BCUT2D eigenvalue weighted by molar-refractivity contribution is 6.02. The lowest BCUT2D eigenvalue weighted by Crippen LogP contribution is -2.56. The van der Waals surface area contributed by atoms with Crippen LogP contribution >= 0.6 is 0 Å². The van der Waals surface area contributed by atoms with Gasteiger partial charge in [0.15, 0.2) is 0 Å². The highest BCUT2D eigenvalue weighted by atomic mass is 16.5. The standard InChI is InChI=1S/C10H15NO4/c1-2-6(5-12)11-9(13)7-3-4-8(15-7)10(11)14/h6-8,12H,2-5H2,1H3. The summed E-state index contributed by atoms with van der Waals surface area (Å²) < 4.78 is 5.27. The zero-order valence-electron chi connectivity index (χ0n) is 8.68. The van der Waals surface area contributed by atoms with Crippen LogP contribution in [-0.4, -0.2) is 46.7 Å². The Morgan fingerprint density at radius 1 is 1.40 bits per heavy atom. The molecule has 2 heterocycles. The van der Waals surface area contributed by atoms with E-state index in [1.165, 1.54) is 4.90 Å². The van der Waals surface area contributed by atoms with Crippen LogP contribution < -0.4 is 0 Å². The number of hydrogen-bond donors (Lipinski definition) is 1. The fourth-order valence-electron chi connectivity index (χ4n) is 2.17. The normalized spacial score (nSPS) is 32.3. The first kappa shape index (κ1) is 10.6. The molecule has 2 aliphatic heterocycles. The first-order chi connectivity index (χ1) is 7.19. The van der Waals surface area contributed by atoms with E-state index in [4.69, 9.17) is 9.84 Å². The van der Waals surface area contributed by atoms with Crippen LogP contribution in [0.15, 0.2) is 0 Å². The molecule has 1 N–H and O–H groups in total. The van der Waals surface area contributed by atoms with Crippen molar-refractivity contribution in [1.82, 2.24) is 4.90 Å².